The molecule has 13 heteroatoms. The first-order chi connectivity index (χ1) is 16.4. The molecule has 5 unspecified atom stereocenters. The Bertz CT molecular complexity index is 911. The van der Waals surface area contributed by atoms with Crippen LogP contribution in [0.4, 0.5) is 0 Å². The van der Waals surface area contributed by atoms with Crippen LogP contribution in [0.3, 0.4) is 0 Å². The molecule has 0 saturated carbocycles. The molecule has 5 atom stereocenters. The van der Waals surface area contributed by atoms with Gasteiger partial charge >= 0.3 is 11.9 Å². The highest BCUT2D eigenvalue weighted by molar-refractivity contribution is 7.80. The lowest BCUT2D eigenvalue weighted by atomic mass is 9.96. The van der Waals surface area contributed by atoms with Gasteiger partial charge in [-0.2, -0.15) is 12.6 Å². The van der Waals surface area contributed by atoms with Crippen LogP contribution in [0.25, 0.3) is 0 Å². The van der Waals surface area contributed by atoms with Crippen LogP contribution in [0.2, 0.25) is 0 Å². The maximum Gasteiger partial charge on any atom is 0.326 e. The van der Waals surface area contributed by atoms with E-state index in [1.54, 1.807) is 26.0 Å². The van der Waals surface area contributed by atoms with Gasteiger partial charge in [0.15, 0.2) is 0 Å². The predicted octanol–water partition coefficient (Wildman–Crippen LogP) is -0.748. The van der Waals surface area contributed by atoms with Crippen LogP contribution >= 0.6 is 12.6 Å². The molecule has 0 aromatic heterocycles. The number of aromatic hydroxyl groups is 1. The van der Waals surface area contributed by atoms with Crippen molar-refractivity contribution in [1.29, 1.82) is 0 Å². The van der Waals surface area contributed by atoms with Crippen molar-refractivity contribution in [2.24, 2.45) is 11.7 Å². The quantitative estimate of drug-likeness (QED) is 0.147. The largest absolute Gasteiger partial charge is 0.508 e. The summed E-state index contributed by atoms with van der Waals surface area (Å²) in [5, 5.41) is 34.8. The Morgan fingerprint density at radius 1 is 0.943 bits per heavy atom. The third kappa shape index (κ3) is 9.83. The summed E-state index contributed by atoms with van der Waals surface area (Å²) in [5.41, 5.74) is 6.30. The maximum absolute atomic E-state index is 13.2. The molecular formula is C22H32N4O8S. The van der Waals surface area contributed by atoms with Crippen LogP contribution in [0.1, 0.15) is 32.3 Å². The summed E-state index contributed by atoms with van der Waals surface area (Å²) < 4.78 is 0. The lowest BCUT2D eigenvalue weighted by Gasteiger charge is -2.28. The summed E-state index contributed by atoms with van der Waals surface area (Å²) in [6.07, 6.45) is -0.416. The molecule has 0 aliphatic carbocycles. The smallest absolute Gasteiger partial charge is 0.326 e. The van der Waals surface area contributed by atoms with E-state index in [2.05, 4.69) is 28.6 Å². The number of nitrogens with one attached hydrogen (secondary N) is 3. The molecule has 0 saturated heterocycles. The van der Waals surface area contributed by atoms with E-state index < -0.39 is 66.2 Å². The SMILES string of the molecule is CCC(C)C(NC(=O)C(Cc1ccc(O)cc1)NC(=O)C(N)CS)C(=O)NC(CC(=O)O)C(=O)O. The molecule has 0 bridgehead atoms. The van der Waals surface area contributed by atoms with Crippen molar-refractivity contribution in [3.05, 3.63) is 29.8 Å². The van der Waals surface area contributed by atoms with E-state index in [1.165, 1.54) is 12.1 Å². The monoisotopic (exact) mass is 512 g/mol. The minimum atomic E-state index is -1.69. The number of thiol groups is 1. The van der Waals surface area contributed by atoms with Crippen molar-refractivity contribution >= 4 is 42.3 Å². The highest BCUT2D eigenvalue weighted by Crippen LogP contribution is 2.13. The molecule has 8 N–H and O–H groups in total. The second-order valence-electron chi connectivity index (χ2n) is 8.09. The van der Waals surface area contributed by atoms with Gasteiger partial charge in [0, 0.05) is 12.2 Å². The molecule has 0 spiro atoms. The van der Waals surface area contributed by atoms with Crippen LogP contribution < -0.4 is 21.7 Å². The minimum absolute atomic E-state index is 0.00273. The van der Waals surface area contributed by atoms with Gasteiger partial charge in [-0.05, 0) is 23.6 Å². The number of phenols is 1. The van der Waals surface area contributed by atoms with E-state index in [0.29, 0.717) is 12.0 Å². The van der Waals surface area contributed by atoms with Gasteiger partial charge < -0.3 is 37.0 Å². The number of carboxylic acid groups (broad SMARTS) is 2. The van der Waals surface area contributed by atoms with Crippen molar-refractivity contribution < 1.29 is 39.3 Å². The lowest BCUT2D eigenvalue weighted by Crippen LogP contribution is -2.59. The van der Waals surface area contributed by atoms with Gasteiger partial charge in [-0.3, -0.25) is 19.2 Å². The third-order valence-corrected chi connectivity index (χ3v) is 5.72. The Morgan fingerprint density at radius 3 is 2.00 bits per heavy atom. The number of nitrogens with two attached hydrogens (primary N) is 1. The molecule has 1 rings (SSSR count). The van der Waals surface area contributed by atoms with Crippen LogP contribution in [0.5, 0.6) is 5.75 Å². The Morgan fingerprint density at radius 2 is 1.51 bits per heavy atom. The molecule has 0 radical (unpaired) electrons. The number of carboxylic acids is 2. The Balaban J connectivity index is 3.14. The van der Waals surface area contributed by atoms with E-state index in [-0.39, 0.29) is 17.9 Å². The van der Waals surface area contributed by atoms with E-state index in [4.69, 9.17) is 10.8 Å². The Labute approximate surface area is 208 Å². The van der Waals surface area contributed by atoms with Crippen molar-refractivity contribution in [1.82, 2.24) is 16.0 Å². The summed E-state index contributed by atoms with van der Waals surface area (Å²) in [6, 6.07) is 0.891. The zero-order valence-electron chi connectivity index (χ0n) is 19.4. The molecule has 0 heterocycles. The highest BCUT2D eigenvalue weighted by atomic mass is 32.1. The van der Waals surface area contributed by atoms with Gasteiger partial charge in [-0.25, -0.2) is 4.79 Å². The van der Waals surface area contributed by atoms with Crippen molar-refractivity contribution in [2.75, 3.05) is 5.75 Å². The second kappa shape index (κ2) is 14.2. The molecule has 0 aliphatic rings. The average molecular weight is 513 g/mol. The average Bonchev–Trinajstić information content (AvgIpc) is 2.81. The predicted molar refractivity (Wildman–Crippen MR) is 129 cm³/mol. The molecule has 3 amide bonds. The van der Waals surface area contributed by atoms with E-state index in [0.717, 1.165) is 0 Å². The highest BCUT2D eigenvalue weighted by Gasteiger charge is 2.33. The van der Waals surface area contributed by atoms with Crippen LogP contribution in [-0.2, 0) is 30.4 Å². The standard InChI is InChI=1S/C22H32N4O8S/c1-3-11(2)18(21(32)25-16(22(33)34)9-17(28)29)26-20(31)15(24-19(30)14(23)10-35)8-12-4-6-13(27)7-5-12/h4-7,11,14-16,18,27,35H,3,8-10,23H2,1-2H3,(H,24,30)(H,25,32)(H,26,31)(H,28,29)(H,33,34). The van der Waals surface area contributed by atoms with E-state index >= 15 is 0 Å². The van der Waals surface area contributed by atoms with Crippen molar-refractivity contribution in [3.8, 4) is 5.75 Å². The van der Waals surface area contributed by atoms with Crippen LogP contribution in [0, 0.1) is 5.92 Å². The molecule has 1 aromatic carbocycles. The number of hydrogen-bond acceptors (Lipinski definition) is 8. The van der Waals surface area contributed by atoms with Gasteiger partial charge in [-0.15, -0.1) is 0 Å². The van der Waals surface area contributed by atoms with Gasteiger partial charge in [0.05, 0.1) is 12.5 Å². The second-order valence-corrected chi connectivity index (χ2v) is 8.46. The lowest BCUT2D eigenvalue weighted by molar-refractivity contribution is -0.147. The van der Waals surface area contributed by atoms with Crippen molar-refractivity contribution in [2.45, 2.75) is 57.3 Å². The molecular weight excluding hydrogens is 480 g/mol. The van der Waals surface area contributed by atoms with E-state index in [9.17, 15) is 34.2 Å². The third-order valence-electron chi connectivity index (χ3n) is 5.33. The number of amides is 3. The molecule has 0 aliphatic heterocycles. The fourth-order valence-electron chi connectivity index (χ4n) is 3.03. The minimum Gasteiger partial charge on any atom is -0.508 e. The summed E-state index contributed by atoms with van der Waals surface area (Å²) >= 11 is 3.98. The fraction of sp³-hybridized carbons (Fsp3) is 0.500. The van der Waals surface area contributed by atoms with Crippen molar-refractivity contribution in [3.63, 3.8) is 0 Å². The Hall–Kier alpha value is -3.32. The first-order valence-corrected chi connectivity index (χ1v) is 11.5. The fourth-order valence-corrected chi connectivity index (χ4v) is 3.20. The van der Waals surface area contributed by atoms with Crippen LogP contribution in [-0.4, -0.2) is 74.9 Å². The normalized spacial score (nSPS) is 15.1. The number of carbonyl (C=O) groups excluding carboxylic acids is 3. The van der Waals surface area contributed by atoms with Gasteiger partial charge in [0.1, 0.15) is 23.9 Å². The summed E-state index contributed by atoms with van der Waals surface area (Å²) in [5.74, 6) is -5.62. The summed E-state index contributed by atoms with van der Waals surface area (Å²) in [7, 11) is 0. The van der Waals surface area contributed by atoms with Crippen LogP contribution in [0.15, 0.2) is 24.3 Å². The number of phenolic OH excluding ortho intramolecular Hbond substituents is 1. The summed E-state index contributed by atoms with van der Waals surface area (Å²) in [4.78, 5) is 60.7. The first kappa shape index (κ1) is 29.7. The molecule has 12 nitrogen and oxygen atoms in total. The maximum atomic E-state index is 13.2. The number of carbonyl (C=O) groups is 5. The van der Waals surface area contributed by atoms with Gasteiger partial charge in [0.25, 0.3) is 0 Å². The number of aliphatic carboxylic acids is 2. The van der Waals surface area contributed by atoms with Gasteiger partial charge in [0.2, 0.25) is 17.7 Å². The number of rotatable bonds is 14. The molecule has 35 heavy (non-hydrogen) atoms. The molecule has 0 fully saturated rings. The van der Waals surface area contributed by atoms with Gasteiger partial charge in [-0.1, -0.05) is 32.4 Å². The molecule has 1 aromatic rings. The zero-order valence-corrected chi connectivity index (χ0v) is 20.3. The van der Waals surface area contributed by atoms with E-state index in [1.807, 2.05) is 0 Å². The zero-order chi connectivity index (χ0) is 26.7. The first-order valence-electron chi connectivity index (χ1n) is 10.9. The number of hydrogen-bond donors (Lipinski definition) is 8. The number of benzene rings is 1. The topological polar surface area (TPSA) is 208 Å². The summed E-state index contributed by atoms with van der Waals surface area (Å²) in [6.45, 7) is 3.41. The Kier molecular flexibility index (Phi) is 12.0. The molecule has 194 valence electrons.